The number of hydrogen-bond donors (Lipinski definition) is 1. The molecule has 1 heterocycles. The summed E-state index contributed by atoms with van der Waals surface area (Å²) in [5, 5.41) is 2.65. The van der Waals surface area contributed by atoms with Crippen molar-refractivity contribution in [3.63, 3.8) is 0 Å². The third-order valence-electron chi connectivity index (χ3n) is 4.30. The Bertz CT molecular complexity index is 639. The molecule has 0 atom stereocenters. The van der Waals surface area contributed by atoms with Crippen LogP contribution in [0.5, 0.6) is 5.75 Å². The van der Waals surface area contributed by atoms with Gasteiger partial charge in [0.15, 0.2) is 0 Å². The quantitative estimate of drug-likeness (QED) is 0.745. The summed E-state index contributed by atoms with van der Waals surface area (Å²) in [6.07, 6.45) is 1.18. The molecule has 7 heteroatoms. The van der Waals surface area contributed by atoms with Crippen molar-refractivity contribution in [1.29, 1.82) is 0 Å². The Kier molecular flexibility index (Phi) is 7.44. The summed E-state index contributed by atoms with van der Waals surface area (Å²) < 4.78 is 10.5. The summed E-state index contributed by atoms with van der Waals surface area (Å²) in [6.45, 7) is 5.36. The fraction of sp³-hybridized carbons (Fsp3) is 0.526. The van der Waals surface area contributed by atoms with Crippen molar-refractivity contribution in [2.45, 2.75) is 26.7 Å². The van der Waals surface area contributed by atoms with E-state index in [1.165, 1.54) is 0 Å². The predicted molar refractivity (Wildman–Crippen MR) is 95.9 cm³/mol. The molecular weight excluding hydrogens is 336 g/mol. The van der Waals surface area contributed by atoms with Crippen LogP contribution >= 0.6 is 0 Å². The molecule has 7 nitrogen and oxygen atoms in total. The standard InChI is InChI=1S/C19H26N2O5/c1-3-25-16-8-6-5-7-15(16)18(23)20-13-17(22)21-11-9-14(10-12-21)19(24)26-4-2/h5-8,14H,3-4,9-13H2,1-2H3,(H,20,23). The van der Waals surface area contributed by atoms with Crippen LogP contribution in [0.15, 0.2) is 24.3 Å². The number of piperidine rings is 1. The molecule has 0 bridgehead atoms. The molecule has 0 radical (unpaired) electrons. The van der Waals surface area contributed by atoms with E-state index < -0.39 is 0 Å². The first kappa shape index (κ1) is 19.8. The second-order valence-electron chi connectivity index (χ2n) is 6.02. The van der Waals surface area contributed by atoms with Crippen molar-refractivity contribution in [3.05, 3.63) is 29.8 Å². The number of carbonyl (C=O) groups excluding carboxylic acids is 3. The lowest BCUT2D eigenvalue weighted by atomic mass is 9.97. The van der Waals surface area contributed by atoms with Gasteiger partial charge in [-0.15, -0.1) is 0 Å². The zero-order valence-corrected chi connectivity index (χ0v) is 15.3. The second-order valence-corrected chi connectivity index (χ2v) is 6.02. The van der Waals surface area contributed by atoms with Gasteiger partial charge in [0.2, 0.25) is 5.91 Å². The Morgan fingerprint density at radius 2 is 1.81 bits per heavy atom. The van der Waals surface area contributed by atoms with Gasteiger partial charge in [-0.2, -0.15) is 0 Å². The SMILES string of the molecule is CCOC(=O)C1CCN(C(=O)CNC(=O)c2ccccc2OCC)CC1. The molecule has 0 aliphatic carbocycles. The zero-order valence-electron chi connectivity index (χ0n) is 15.3. The van der Waals surface area contributed by atoms with E-state index in [2.05, 4.69) is 5.32 Å². The molecule has 1 saturated heterocycles. The smallest absolute Gasteiger partial charge is 0.309 e. The minimum atomic E-state index is -0.344. The lowest BCUT2D eigenvalue weighted by molar-refractivity contribution is -0.151. The summed E-state index contributed by atoms with van der Waals surface area (Å²) in [5.74, 6) is -0.347. The second kappa shape index (κ2) is 9.79. The summed E-state index contributed by atoms with van der Waals surface area (Å²) in [5.41, 5.74) is 0.406. The molecule has 1 aromatic rings. The van der Waals surface area contributed by atoms with Gasteiger partial charge in [0.05, 0.1) is 31.2 Å². The van der Waals surface area contributed by atoms with E-state index in [4.69, 9.17) is 9.47 Å². The lowest BCUT2D eigenvalue weighted by Crippen LogP contribution is -2.45. The maximum Gasteiger partial charge on any atom is 0.309 e. The molecule has 2 amide bonds. The van der Waals surface area contributed by atoms with Crippen LogP contribution in [0.4, 0.5) is 0 Å². The number of esters is 1. The summed E-state index contributed by atoms with van der Waals surface area (Å²) in [4.78, 5) is 38.0. The number of rotatable bonds is 7. The number of carbonyl (C=O) groups is 3. The third-order valence-corrected chi connectivity index (χ3v) is 4.30. The van der Waals surface area contributed by atoms with Crippen molar-refractivity contribution in [1.82, 2.24) is 10.2 Å². The number of nitrogens with zero attached hydrogens (tertiary/aromatic N) is 1. The highest BCUT2D eigenvalue weighted by molar-refractivity contribution is 5.98. The molecule has 1 N–H and O–H groups in total. The Morgan fingerprint density at radius 1 is 1.12 bits per heavy atom. The van der Waals surface area contributed by atoms with E-state index in [1.807, 2.05) is 6.92 Å². The number of ether oxygens (including phenoxy) is 2. The van der Waals surface area contributed by atoms with E-state index in [0.29, 0.717) is 50.5 Å². The van der Waals surface area contributed by atoms with Gasteiger partial charge in [-0.3, -0.25) is 14.4 Å². The van der Waals surface area contributed by atoms with Crippen LogP contribution in [0.1, 0.15) is 37.0 Å². The molecular formula is C19H26N2O5. The van der Waals surface area contributed by atoms with Crippen LogP contribution in [0.3, 0.4) is 0 Å². The van der Waals surface area contributed by atoms with E-state index in [9.17, 15) is 14.4 Å². The number of nitrogens with one attached hydrogen (secondary N) is 1. The van der Waals surface area contributed by atoms with Gasteiger partial charge >= 0.3 is 5.97 Å². The molecule has 0 saturated carbocycles. The molecule has 26 heavy (non-hydrogen) atoms. The topological polar surface area (TPSA) is 84.9 Å². The molecule has 1 fully saturated rings. The number of benzene rings is 1. The maximum atomic E-state index is 12.3. The van der Waals surface area contributed by atoms with Crippen LogP contribution in [0.2, 0.25) is 0 Å². The molecule has 0 aromatic heterocycles. The fourth-order valence-electron chi connectivity index (χ4n) is 2.92. The monoisotopic (exact) mass is 362 g/mol. The number of likely N-dealkylation sites (tertiary alicyclic amines) is 1. The summed E-state index contributed by atoms with van der Waals surface area (Å²) in [6, 6.07) is 6.93. The van der Waals surface area contributed by atoms with Gasteiger partial charge in [-0.05, 0) is 38.8 Å². The predicted octanol–water partition coefficient (Wildman–Crippen LogP) is 1.62. The Morgan fingerprint density at radius 3 is 2.46 bits per heavy atom. The number of amides is 2. The highest BCUT2D eigenvalue weighted by atomic mass is 16.5. The molecule has 0 unspecified atom stereocenters. The highest BCUT2D eigenvalue weighted by Gasteiger charge is 2.28. The normalized spacial score (nSPS) is 14.6. The van der Waals surface area contributed by atoms with Crippen LogP contribution in [-0.2, 0) is 14.3 Å². The highest BCUT2D eigenvalue weighted by Crippen LogP contribution is 2.19. The van der Waals surface area contributed by atoms with Crippen LogP contribution in [0, 0.1) is 5.92 Å². The van der Waals surface area contributed by atoms with Crippen molar-refractivity contribution in [2.75, 3.05) is 32.8 Å². The first-order chi connectivity index (χ1) is 12.6. The average molecular weight is 362 g/mol. The van der Waals surface area contributed by atoms with E-state index in [0.717, 1.165) is 0 Å². The molecule has 0 spiro atoms. The number of hydrogen-bond acceptors (Lipinski definition) is 5. The van der Waals surface area contributed by atoms with Crippen LogP contribution in [-0.4, -0.2) is 55.5 Å². The molecule has 1 aliphatic rings. The van der Waals surface area contributed by atoms with Gasteiger partial charge in [0.25, 0.3) is 5.91 Å². The first-order valence-corrected chi connectivity index (χ1v) is 9.01. The Balaban J connectivity index is 1.82. The zero-order chi connectivity index (χ0) is 18.9. The molecule has 2 rings (SSSR count). The third kappa shape index (κ3) is 5.21. The Labute approximate surface area is 153 Å². The van der Waals surface area contributed by atoms with Gasteiger partial charge in [-0.1, -0.05) is 12.1 Å². The molecule has 1 aromatic carbocycles. The molecule has 142 valence electrons. The van der Waals surface area contributed by atoms with Crippen molar-refractivity contribution >= 4 is 17.8 Å². The fourth-order valence-corrected chi connectivity index (χ4v) is 2.92. The maximum absolute atomic E-state index is 12.3. The van der Waals surface area contributed by atoms with Gasteiger partial charge < -0.3 is 19.7 Å². The summed E-state index contributed by atoms with van der Waals surface area (Å²) >= 11 is 0. The lowest BCUT2D eigenvalue weighted by Gasteiger charge is -2.31. The Hall–Kier alpha value is -2.57. The van der Waals surface area contributed by atoms with Crippen molar-refractivity contribution in [2.24, 2.45) is 5.92 Å². The average Bonchev–Trinajstić information content (AvgIpc) is 2.67. The number of para-hydroxylation sites is 1. The minimum absolute atomic E-state index is 0.0800. The van der Waals surface area contributed by atoms with Gasteiger partial charge in [0, 0.05) is 13.1 Å². The van der Waals surface area contributed by atoms with Gasteiger partial charge in [0.1, 0.15) is 5.75 Å². The van der Waals surface area contributed by atoms with E-state index in [1.54, 1.807) is 36.1 Å². The molecule has 1 aliphatic heterocycles. The minimum Gasteiger partial charge on any atom is -0.493 e. The van der Waals surface area contributed by atoms with Gasteiger partial charge in [-0.25, -0.2) is 0 Å². The largest absolute Gasteiger partial charge is 0.493 e. The van der Waals surface area contributed by atoms with E-state index in [-0.39, 0.29) is 30.2 Å². The van der Waals surface area contributed by atoms with E-state index >= 15 is 0 Å². The van der Waals surface area contributed by atoms with Crippen LogP contribution < -0.4 is 10.1 Å². The first-order valence-electron chi connectivity index (χ1n) is 9.01. The van der Waals surface area contributed by atoms with Crippen LogP contribution in [0.25, 0.3) is 0 Å². The van der Waals surface area contributed by atoms with Crippen molar-refractivity contribution in [3.8, 4) is 5.75 Å². The summed E-state index contributed by atoms with van der Waals surface area (Å²) in [7, 11) is 0. The van der Waals surface area contributed by atoms with Crippen molar-refractivity contribution < 1.29 is 23.9 Å².